The normalized spacial score (nSPS) is 15.1. The standard InChI is InChI=1S/C23H27N3O4S2/c1-16-5-6-18(13-17(16)2)20-15-31-23(24-20)25-9-11-26(12-10-25)32(27,28)22-8-7-19(29-3)14-21(22)30-4/h5-8,13-15H,9-12H2,1-4H3. The van der Waals surface area contributed by atoms with E-state index in [9.17, 15) is 8.42 Å². The van der Waals surface area contributed by atoms with E-state index in [-0.39, 0.29) is 10.6 Å². The zero-order valence-electron chi connectivity index (χ0n) is 18.7. The first-order valence-corrected chi connectivity index (χ1v) is 12.7. The summed E-state index contributed by atoms with van der Waals surface area (Å²) in [5, 5.41) is 2.97. The Morgan fingerprint density at radius 2 is 1.69 bits per heavy atom. The van der Waals surface area contributed by atoms with Crippen LogP contribution in [0.15, 0.2) is 46.7 Å². The largest absolute Gasteiger partial charge is 0.497 e. The van der Waals surface area contributed by atoms with Crippen molar-refractivity contribution < 1.29 is 17.9 Å². The molecule has 0 bridgehead atoms. The van der Waals surface area contributed by atoms with Crippen molar-refractivity contribution in [1.82, 2.24) is 9.29 Å². The highest BCUT2D eigenvalue weighted by molar-refractivity contribution is 7.89. The minimum Gasteiger partial charge on any atom is -0.497 e. The van der Waals surface area contributed by atoms with Crippen molar-refractivity contribution >= 4 is 26.5 Å². The third kappa shape index (κ3) is 4.32. The van der Waals surface area contributed by atoms with Crippen molar-refractivity contribution in [3.05, 3.63) is 52.9 Å². The first-order chi connectivity index (χ1) is 15.3. The third-order valence-electron chi connectivity index (χ3n) is 5.79. The van der Waals surface area contributed by atoms with E-state index in [2.05, 4.69) is 42.3 Å². The third-order valence-corrected chi connectivity index (χ3v) is 8.63. The predicted octanol–water partition coefficient (Wildman–Crippen LogP) is 3.96. The summed E-state index contributed by atoms with van der Waals surface area (Å²) < 4.78 is 38.5. The van der Waals surface area contributed by atoms with E-state index >= 15 is 0 Å². The molecule has 0 atom stereocenters. The average molecular weight is 474 g/mol. The van der Waals surface area contributed by atoms with Crippen molar-refractivity contribution in [2.24, 2.45) is 0 Å². The summed E-state index contributed by atoms with van der Waals surface area (Å²) >= 11 is 1.59. The Balaban J connectivity index is 1.48. The topological polar surface area (TPSA) is 72.0 Å². The van der Waals surface area contributed by atoms with Crippen LogP contribution in [-0.2, 0) is 10.0 Å². The van der Waals surface area contributed by atoms with Crippen molar-refractivity contribution in [2.75, 3.05) is 45.3 Å². The van der Waals surface area contributed by atoms with Crippen LogP contribution in [0.1, 0.15) is 11.1 Å². The molecule has 1 aliphatic heterocycles. The maximum atomic E-state index is 13.2. The van der Waals surface area contributed by atoms with Gasteiger partial charge in [0.25, 0.3) is 0 Å². The van der Waals surface area contributed by atoms with Crippen LogP contribution in [0.4, 0.5) is 5.13 Å². The molecule has 0 saturated carbocycles. The fraction of sp³-hybridized carbons (Fsp3) is 0.348. The van der Waals surface area contributed by atoms with Crippen LogP contribution in [0.3, 0.4) is 0 Å². The van der Waals surface area contributed by atoms with E-state index in [0.29, 0.717) is 31.9 Å². The molecule has 1 saturated heterocycles. The Hall–Kier alpha value is -2.62. The number of aryl methyl sites for hydroxylation is 2. The number of sulfonamides is 1. The van der Waals surface area contributed by atoms with Gasteiger partial charge >= 0.3 is 0 Å². The summed E-state index contributed by atoms with van der Waals surface area (Å²) in [5.74, 6) is 0.832. The number of hydrogen-bond acceptors (Lipinski definition) is 7. The van der Waals surface area contributed by atoms with Gasteiger partial charge in [0.2, 0.25) is 10.0 Å². The quantitative estimate of drug-likeness (QED) is 0.540. The van der Waals surface area contributed by atoms with Gasteiger partial charge in [0, 0.05) is 43.2 Å². The molecule has 2 heterocycles. The zero-order chi connectivity index (χ0) is 22.9. The summed E-state index contributed by atoms with van der Waals surface area (Å²) in [4.78, 5) is 7.11. The van der Waals surface area contributed by atoms with E-state index in [1.807, 2.05) is 0 Å². The van der Waals surface area contributed by atoms with Crippen molar-refractivity contribution in [2.45, 2.75) is 18.7 Å². The van der Waals surface area contributed by atoms with Gasteiger partial charge in [-0.25, -0.2) is 13.4 Å². The monoisotopic (exact) mass is 473 g/mol. The molecule has 1 aromatic heterocycles. The van der Waals surface area contributed by atoms with Crippen molar-refractivity contribution in [3.8, 4) is 22.8 Å². The number of hydrogen-bond donors (Lipinski definition) is 0. The summed E-state index contributed by atoms with van der Waals surface area (Å²) in [6.45, 7) is 6.13. The number of nitrogens with zero attached hydrogens (tertiary/aromatic N) is 3. The van der Waals surface area contributed by atoms with E-state index in [0.717, 1.165) is 16.4 Å². The molecule has 0 unspecified atom stereocenters. The van der Waals surface area contributed by atoms with Crippen LogP contribution in [0.2, 0.25) is 0 Å². The zero-order valence-corrected chi connectivity index (χ0v) is 20.3. The van der Waals surface area contributed by atoms with Gasteiger partial charge in [0.1, 0.15) is 16.4 Å². The van der Waals surface area contributed by atoms with Crippen LogP contribution in [0.5, 0.6) is 11.5 Å². The lowest BCUT2D eigenvalue weighted by molar-refractivity contribution is 0.370. The van der Waals surface area contributed by atoms with Gasteiger partial charge in [-0.3, -0.25) is 0 Å². The van der Waals surface area contributed by atoms with Gasteiger partial charge < -0.3 is 14.4 Å². The van der Waals surface area contributed by atoms with Crippen LogP contribution in [-0.4, -0.2) is 58.1 Å². The smallest absolute Gasteiger partial charge is 0.246 e. The molecule has 170 valence electrons. The fourth-order valence-corrected chi connectivity index (χ4v) is 6.14. The number of piperazine rings is 1. The van der Waals surface area contributed by atoms with Crippen LogP contribution in [0, 0.1) is 13.8 Å². The highest BCUT2D eigenvalue weighted by Gasteiger charge is 2.31. The molecular weight excluding hydrogens is 446 g/mol. The van der Waals surface area contributed by atoms with Gasteiger partial charge in [0.15, 0.2) is 5.13 Å². The molecule has 32 heavy (non-hydrogen) atoms. The fourth-order valence-electron chi connectivity index (χ4n) is 3.69. The average Bonchev–Trinajstić information content (AvgIpc) is 3.30. The predicted molar refractivity (Wildman–Crippen MR) is 128 cm³/mol. The first-order valence-electron chi connectivity index (χ1n) is 10.3. The molecule has 7 nitrogen and oxygen atoms in total. The van der Waals surface area contributed by atoms with Gasteiger partial charge in [-0.2, -0.15) is 4.31 Å². The second kappa shape index (κ2) is 9.09. The minimum absolute atomic E-state index is 0.153. The summed E-state index contributed by atoms with van der Waals surface area (Å²) in [5.41, 5.74) is 4.55. The second-order valence-corrected chi connectivity index (χ2v) is 10.5. The Morgan fingerprint density at radius 3 is 2.34 bits per heavy atom. The van der Waals surface area contributed by atoms with E-state index in [1.54, 1.807) is 23.5 Å². The number of rotatable bonds is 6. The van der Waals surface area contributed by atoms with Crippen molar-refractivity contribution in [3.63, 3.8) is 0 Å². The molecule has 0 N–H and O–H groups in total. The maximum absolute atomic E-state index is 13.2. The number of ether oxygens (including phenoxy) is 2. The second-order valence-electron chi connectivity index (χ2n) is 7.72. The summed E-state index contributed by atoms with van der Waals surface area (Å²) in [6.07, 6.45) is 0. The lowest BCUT2D eigenvalue weighted by Crippen LogP contribution is -2.48. The number of thiazole rings is 1. The van der Waals surface area contributed by atoms with E-state index in [1.165, 1.54) is 35.7 Å². The number of aromatic nitrogens is 1. The van der Waals surface area contributed by atoms with Gasteiger partial charge in [0.05, 0.1) is 19.9 Å². The highest BCUT2D eigenvalue weighted by Crippen LogP contribution is 2.33. The number of benzene rings is 2. The Morgan fingerprint density at radius 1 is 0.938 bits per heavy atom. The van der Waals surface area contributed by atoms with E-state index < -0.39 is 10.0 Å². The molecule has 0 aliphatic carbocycles. The lowest BCUT2D eigenvalue weighted by Gasteiger charge is -2.34. The Bertz CT molecular complexity index is 1220. The Labute approximate surface area is 193 Å². The van der Waals surface area contributed by atoms with E-state index in [4.69, 9.17) is 14.5 Å². The number of methoxy groups -OCH3 is 2. The first kappa shape index (κ1) is 22.6. The lowest BCUT2D eigenvalue weighted by atomic mass is 10.1. The summed E-state index contributed by atoms with van der Waals surface area (Å²) in [6, 6.07) is 11.1. The molecule has 1 fully saturated rings. The molecule has 3 aromatic rings. The molecule has 1 aliphatic rings. The molecule has 0 amide bonds. The van der Waals surface area contributed by atoms with Gasteiger partial charge in [-0.05, 0) is 43.2 Å². The Kier molecular flexibility index (Phi) is 6.41. The molecular formula is C23H27N3O4S2. The molecule has 0 spiro atoms. The maximum Gasteiger partial charge on any atom is 0.246 e. The number of anilines is 1. The van der Waals surface area contributed by atoms with Crippen LogP contribution < -0.4 is 14.4 Å². The summed E-state index contributed by atoms with van der Waals surface area (Å²) in [7, 11) is -0.679. The van der Waals surface area contributed by atoms with Crippen molar-refractivity contribution in [1.29, 1.82) is 0 Å². The minimum atomic E-state index is -3.67. The highest BCUT2D eigenvalue weighted by atomic mass is 32.2. The van der Waals surface area contributed by atoms with Crippen LogP contribution >= 0.6 is 11.3 Å². The molecule has 9 heteroatoms. The molecule has 4 rings (SSSR count). The van der Waals surface area contributed by atoms with Crippen LogP contribution in [0.25, 0.3) is 11.3 Å². The SMILES string of the molecule is COc1ccc(S(=O)(=O)N2CCN(c3nc(-c4ccc(C)c(C)c4)cs3)CC2)c(OC)c1. The molecule has 2 aromatic carbocycles. The molecule has 0 radical (unpaired) electrons. The van der Waals surface area contributed by atoms with Gasteiger partial charge in [-0.15, -0.1) is 11.3 Å². The van der Waals surface area contributed by atoms with Gasteiger partial charge in [-0.1, -0.05) is 12.1 Å².